The van der Waals surface area contributed by atoms with Gasteiger partial charge in [0.05, 0.1) is 41.3 Å². The minimum Gasteiger partial charge on any atom is -0.493 e. The molecule has 0 amide bonds. The Hall–Kier alpha value is -1.97. The van der Waals surface area contributed by atoms with Crippen molar-refractivity contribution in [2.75, 3.05) is 44.5 Å². The van der Waals surface area contributed by atoms with Crippen LogP contribution in [0.4, 0.5) is 11.5 Å². The third-order valence-corrected chi connectivity index (χ3v) is 7.72. The molecule has 0 saturated carbocycles. The molecule has 10 heteroatoms. The van der Waals surface area contributed by atoms with E-state index in [0.717, 1.165) is 42.1 Å². The summed E-state index contributed by atoms with van der Waals surface area (Å²) in [6, 6.07) is 9.60. The second-order valence-corrected chi connectivity index (χ2v) is 9.59. The van der Waals surface area contributed by atoms with Gasteiger partial charge in [-0.1, -0.05) is 23.2 Å². The van der Waals surface area contributed by atoms with Gasteiger partial charge in [-0.3, -0.25) is 4.90 Å². The molecule has 2 saturated heterocycles. The second kappa shape index (κ2) is 9.49. The van der Waals surface area contributed by atoms with Gasteiger partial charge in [-0.25, -0.2) is 9.97 Å². The Morgan fingerprint density at radius 1 is 1.19 bits per heavy atom. The van der Waals surface area contributed by atoms with E-state index in [1.54, 1.807) is 19.2 Å². The summed E-state index contributed by atoms with van der Waals surface area (Å²) in [6.45, 7) is 3.09. The van der Waals surface area contributed by atoms with Crippen LogP contribution in [0.15, 0.2) is 36.7 Å². The van der Waals surface area contributed by atoms with E-state index in [1.165, 1.54) is 6.33 Å². The van der Waals surface area contributed by atoms with Gasteiger partial charge < -0.3 is 19.5 Å². The molecule has 0 bridgehead atoms. The average molecular weight is 493 g/mol. The molecule has 7 nitrogen and oxygen atoms in total. The Balaban J connectivity index is 1.38. The average Bonchev–Trinajstić information content (AvgIpc) is 3.23. The number of fused-ring (bicyclic) bond motifs is 2. The highest BCUT2D eigenvalue weighted by Gasteiger charge is 2.36. The molecule has 1 N–H and O–H groups in total. The van der Waals surface area contributed by atoms with E-state index < -0.39 is 0 Å². The van der Waals surface area contributed by atoms with Crippen molar-refractivity contribution in [1.29, 1.82) is 0 Å². The molecule has 2 unspecified atom stereocenters. The summed E-state index contributed by atoms with van der Waals surface area (Å²) in [5.41, 5.74) is 1.53. The number of hydrogen-bond acceptors (Lipinski definition) is 8. The van der Waals surface area contributed by atoms with Gasteiger partial charge in [0.2, 0.25) is 0 Å². The number of thioether (sulfide) groups is 1. The van der Waals surface area contributed by atoms with E-state index in [2.05, 4.69) is 20.2 Å². The summed E-state index contributed by atoms with van der Waals surface area (Å²) in [5.74, 6) is 3.00. The fourth-order valence-electron chi connectivity index (χ4n) is 3.96. The number of hydrogen-bond donors (Lipinski definition) is 1. The lowest BCUT2D eigenvalue weighted by molar-refractivity contribution is -0.00350. The number of ether oxygens (including phenoxy) is 3. The Morgan fingerprint density at radius 3 is 2.94 bits per heavy atom. The number of benzene rings is 2. The number of anilines is 2. The van der Waals surface area contributed by atoms with Gasteiger partial charge in [0.15, 0.2) is 11.5 Å². The van der Waals surface area contributed by atoms with Crippen molar-refractivity contribution in [3.05, 3.63) is 46.7 Å². The lowest BCUT2D eigenvalue weighted by Gasteiger charge is -2.32. The molecule has 0 radical (unpaired) electrons. The van der Waals surface area contributed by atoms with Gasteiger partial charge in [-0.15, -0.1) is 11.8 Å². The molecule has 3 heterocycles. The van der Waals surface area contributed by atoms with Gasteiger partial charge in [-0.05, 0) is 24.3 Å². The van der Waals surface area contributed by atoms with Crippen LogP contribution < -0.4 is 14.8 Å². The number of halogens is 2. The highest BCUT2D eigenvalue weighted by Crippen LogP contribution is 2.37. The minimum atomic E-state index is 0.307. The first-order chi connectivity index (χ1) is 15.6. The number of nitrogens with one attached hydrogen (secondary N) is 1. The second-order valence-electron chi connectivity index (χ2n) is 7.56. The van der Waals surface area contributed by atoms with Crippen molar-refractivity contribution >= 4 is 57.4 Å². The first-order valence-corrected chi connectivity index (χ1v) is 12.1. The van der Waals surface area contributed by atoms with E-state index >= 15 is 0 Å². The molecule has 32 heavy (non-hydrogen) atoms. The zero-order valence-corrected chi connectivity index (χ0v) is 19.7. The molecule has 2 atom stereocenters. The quantitative estimate of drug-likeness (QED) is 0.523. The standard InChI is InChI=1S/C22H22Cl2N4O3S/c1-29-19-7-15-18(25-12-26-22(15)27-13-2-3-16(23)17(24)6-13)8-20(19)31-10-21-28-4-5-30-9-14(28)11-32-21/h2-3,6-8,12,14,21H,4-5,9-11H2,1H3,(H,25,26,27). The topological polar surface area (TPSA) is 68.7 Å². The molecular formula is C22H22Cl2N4O3S. The lowest BCUT2D eigenvalue weighted by Crippen LogP contribution is -2.47. The summed E-state index contributed by atoms with van der Waals surface area (Å²) in [6.07, 6.45) is 1.52. The smallest absolute Gasteiger partial charge is 0.163 e. The van der Waals surface area contributed by atoms with Crippen molar-refractivity contribution < 1.29 is 14.2 Å². The van der Waals surface area contributed by atoms with E-state index in [-0.39, 0.29) is 0 Å². The van der Waals surface area contributed by atoms with E-state index in [1.807, 2.05) is 30.0 Å². The summed E-state index contributed by atoms with van der Waals surface area (Å²) in [4.78, 5) is 11.3. The highest BCUT2D eigenvalue weighted by molar-refractivity contribution is 8.00. The van der Waals surface area contributed by atoms with Crippen LogP contribution in [0.3, 0.4) is 0 Å². The summed E-state index contributed by atoms with van der Waals surface area (Å²) in [7, 11) is 1.63. The predicted octanol–water partition coefficient (Wildman–Crippen LogP) is 4.84. The fraction of sp³-hybridized carbons (Fsp3) is 0.364. The zero-order chi connectivity index (χ0) is 22.1. The van der Waals surface area contributed by atoms with Gasteiger partial charge in [0.1, 0.15) is 18.8 Å². The largest absolute Gasteiger partial charge is 0.493 e. The Bertz CT molecular complexity index is 1140. The Morgan fingerprint density at radius 2 is 2.09 bits per heavy atom. The van der Waals surface area contributed by atoms with Crippen molar-refractivity contribution in [3.8, 4) is 11.5 Å². The first-order valence-electron chi connectivity index (χ1n) is 10.2. The predicted molar refractivity (Wildman–Crippen MR) is 129 cm³/mol. The van der Waals surface area contributed by atoms with Crippen LogP contribution in [0, 0.1) is 0 Å². The molecule has 168 valence electrons. The molecule has 2 aliphatic rings. The van der Waals surface area contributed by atoms with Crippen molar-refractivity contribution in [3.63, 3.8) is 0 Å². The van der Waals surface area contributed by atoms with Crippen LogP contribution in [0.5, 0.6) is 11.5 Å². The minimum absolute atomic E-state index is 0.307. The van der Waals surface area contributed by atoms with Gasteiger partial charge >= 0.3 is 0 Å². The molecule has 2 fully saturated rings. The van der Waals surface area contributed by atoms with Gasteiger partial charge in [0.25, 0.3) is 0 Å². The van der Waals surface area contributed by atoms with Crippen LogP contribution in [0.2, 0.25) is 10.0 Å². The number of nitrogens with zero attached hydrogens (tertiary/aromatic N) is 3. The Kier molecular flexibility index (Phi) is 6.48. The van der Waals surface area contributed by atoms with Crippen LogP contribution in [0.1, 0.15) is 0 Å². The fourth-order valence-corrected chi connectivity index (χ4v) is 5.62. The molecule has 3 aromatic rings. The summed E-state index contributed by atoms with van der Waals surface area (Å²) < 4.78 is 17.4. The van der Waals surface area contributed by atoms with Crippen molar-refractivity contribution in [2.45, 2.75) is 11.4 Å². The van der Waals surface area contributed by atoms with Crippen LogP contribution in [-0.4, -0.2) is 65.5 Å². The third kappa shape index (κ3) is 4.43. The number of morpholine rings is 1. The molecular weight excluding hydrogens is 471 g/mol. The van der Waals surface area contributed by atoms with Crippen molar-refractivity contribution in [2.24, 2.45) is 0 Å². The lowest BCUT2D eigenvalue weighted by atomic mass is 10.2. The van der Waals surface area contributed by atoms with E-state index in [9.17, 15) is 0 Å². The molecule has 1 aromatic heterocycles. The van der Waals surface area contributed by atoms with Crippen LogP contribution in [0.25, 0.3) is 10.9 Å². The summed E-state index contributed by atoms with van der Waals surface area (Å²) >= 11 is 14.1. The third-order valence-electron chi connectivity index (χ3n) is 5.61. The molecule has 5 rings (SSSR count). The van der Waals surface area contributed by atoms with Gasteiger partial charge in [0, 0.05) is 35.5 Å². The van der Waals surface area contributed by atoms with Gasteiger partial charge in [-0.2, -0.15) is 0 Å². The molecule has 0 aliphatic carbocycles. The number of rotatable bonds is 6. The maximum absolute atomic E-state index is 6.21. The zero-order valence-electron chi connectivity index (χ0n) is 17.4. The molecule has 2 aliphatic heterocycles. The van der Waals surface area contributed by atoms with Crippen LogP contribution in [-0.2, 0) is 4.74 Å². The maximum atomic E-state index is 6.21. The highest BCUT2D eigenvalue weighted by atomic mass is 35.5. The SMILES string of the molecule is COc1cc2c(Nc3ccc(Cl)c(Cl)c3)ncnc2cc1OCC1SCC2COCCN21. The maximum Gasteiger partial charge on any atom is 0.163 e. The Labute approximate surface area is 200 Å². The monoisotopic (exact) mass is 492 g/mol. The first kappa shape index (κ1) is 21.9. The normalized spacial score (nSPS) is 20.8. The van der Waals surface area contributed by atoms with E-state index in [4.69, 9.17) is 37.4 Å². The summed E-state index contributed by atoms with van der Waals surface area (Å²) in [5, 5.41) is 5.36. The molecule has 0 spiro atoms. The van der Waals surface area contributed by atoms with Crippen molar-refractivity contribution in [1.82, 2.24) is 14.9 Å². The number of methoxy groups -OCH3 is 1. The number of aromatic nitrogens is 2. The molecule has 2 aromatic carbocycles. The van der Waals surface area contributed by atoms with Crippen LogP contribution >= 0.6 is 35.0 Å². The van der Waals surface area contributed by atoms with E-state index in [0.29, 0.717) is 45.4 Å².